The van der Waals surface area contributed by atoms with Crippen LogP contribution in [0, 0.1) is 0 Å². The Morgan fingerprint density at radius 3 is 2.62 bits per heavy atom. The van der Waals surface area contributed by atoms with Crippen molar-refractivity contribution in [3.05, 3.63) is 36.5 Å². The van der Waals surface area contributed by atoms with Crippen LogP contribution in [-0.2, 0) is 0 Å². The fourth-order valence-electron chi connectivity index (χ4n) is 3.35. The molecule has 0 bridgehead atoms. The van der Waals surface area contributed by atoms with Crippen molar-refractivity contribution in [2.45, 2.75) is 25.7 Å². The van der Waals surface area contributed by atoms with Crippen molar-refractivity contribution in [1.82, 2.24) is 15.0 Å². The van der Waals surface area contributed by atoms with Gasteiger partial charge in [0.2, 0.25) is 0 Å². The molecule has 2 aromatic heterocycles. The van der Waals surface area contributed by atoms with Gasteiger partial charge in [0.05, 0.1) is 5.52 Å². The fraction of sp³-hybridized carbons (Fsp3) is 0.316. The van der Waals surface area contributed by atoms with Crippen molar-refractivity contribution in [2.24, 2.45) is 5.73 Å². The molecule has 0 saturated carbocycles. The zero-order valence-corrected chi connectivity index (χ0v) is 14.4. The molecule has 134 valence electrons. The van der Waals surface area contributed by atoms with Gasteiger partial charge in [0.1, 0.15) is 17.2 Å². The Morgan fingerprint density at radius 1 is 1.12 bits per heavy atom. The molecule has 3 heterocycles. The van der Waals surface area contributed by atoms with Gasteiger partial charge >= 0.3 is 6.09 Å². The first-order valence-corrected chi connectivity index (χ1v) is 8.88. The van der Waals surface area contributed by atoms with E-state index in [2.05, 4.69) is 19.9 Å². The van der Waals surface area contributed by atoms with Gasteiger partial charge in [-0.3, -0.25) is 0 Å². The molecular formula is C19H21N5O2. The molecule has 26 heavy (non-hydrogen) atoms. The van der Waals surface area contributed by atoms with E-state index < -0.39 is 6.09 Å². The van der Waals surface area contributed by atoms with E-state index in [0.29, 0.717) is 17.1 Å². The molecule has 0 unspecified atom stereocenters. The lowest BCUT2D eigenvalue weighted by Gasteiger charge is -2.21. The number of hydrogen-bond donors (Lipinski definition) is 2. The van der Waals surface area contributed by atoms with Gasteiger partial charge < -0.3 is 20.4 Å². The highest BCUT2D eigenvalue weighted by Gasteiger charge is 2.14. The Hall–Kier alpha value is -3.09. The van der Waals surface area contributed by atoms with Crippen LogP contribution >= 0.6 is 0 Å². The molecule has 4 rings (SSSR count). The van der Waals surface area contributed by atoms with E-state index in [1.807, 2.05) is 24.4 Å². The molecule has 1 amide bonds. The molecule has 0 aliphatic carbocycles. The van der Waals surface area contributed by atoms with Crippen molar-refractivity contribution in [3.63, 3.8) is 0 Å². The number of primary amides is 1. The van der Waals surface area contributed by atoms with Crippen LogP contribution in [0.1, 0.15) is 25.7 Å². The number of benzene rings is 1. The van der Waals surface area contributed by atoms with E-state index in [1.54, 1.807) is 12.1 Å². The molecule has 1 aliphatic rings. The molecule has 1 aromatic carbocycles. The van der Waals surface area contributed by atoms with Gasteiger partial charge in [0.25, 0.3) is 0 Å². The summed E-state index contributed by atoms with van der Waals surface area (Å²) in [5, 5.41) is 0. The van der Waals surface area contributed by atoms with Crippen LogP contribution < -0.4 is 15.4 Å². The maximum atomic E-state index is 11.0. The Kier molecular flexibility index (Phi) is 4.43. The number of nitrogens with two attached hydrogens (primary N) is 1. The SMILES string of the molecule is NC(=O)Oc1cccc2[nH]c(-c3ccc(N4CCCCCC4)nc3)nc12. The molecular weight excluding hydrogens is 330 g/mol. The van der Waals surface area contributed by atoms with Crippen molar-refractivity contribution >= 4 is 22.9 Å². The van der Waals surface area contributed by atoms with Gasteiger partial charge in [-0.2, -0.15) is 0 Å². The Balaban J connectivity index is 1.62. The quantitative estimate of drug-likeness (QED) is 0.753. The first-order chi connectivity index (χ1) is 12.7. The maximum absolute atomic E-state index is 11.0. The lowest BCUT2D eigenvalue weighted by Crippen LogP contribution is -2.24. The number of H-pyrrole nitrogens is 1. The predicted molar refractivity (Wildman–Crippen MR) is 100 cm³/mol. The van der Waals surface area contributed by atoms with Crippen LogP contribution in [0.25, 0.3) is 22.4 Å². The number of nitrogens with one attached hydrogen (secondary N) is 1. The average Bonchev–Trinajstić information content (AvgIpc) is 2.90. The monoisotopic (exact) mass is 351 g/mol. The number of aromatic nitrogens is 3. The number of imidazole rings is 1. The lowest BCUT2D eigenvalue weighted by atomic mass is 10.2. The van der Waals surface area contributed by atoms with E-state index in [0.717, 1.165) is 30.0 Å². The molecule has 3 aromatic rings. The minimum absolute atomic E-state index is 0.339. The summed E-state index contributed by atoms with van der Waals surface area (Å²) >= 11 is 0. The first-order valence-electron chi connectivity index (χ1n) is 8.88. The highest BCUT2D eigenvalue weighted by Crippen LogP contribution is 2.28. The molecule has 0 radical (unpaired) electrons. The Labute approximate surface area is 151 Å². The molecule has 1 fully saturated rings. The molecule has 7 heteroatoms. The summed E-state index contributed by atoms with van der Waals surface area (Å²) in [5.74, 6) is 2.02. The van der Waals surface area contributed by atoms with Gasteiger partial charge in [0, 0.05) is 24.8 Å². The van der Waals surface area contributed by atoms with Gasteiger partial charge in [-0.25, -0.2) is 14.8 Å². The molecule has 0 spiro atoms. The summed E-state index contributed by atoms with van der Waals surface area (Å²) in [4.78, 5) is 25.8. The van der Waals surface area contributed by atoms with E-state index in [9.17, 15) is 4.79 Å². The van der Waals surface area contributed by atoms with Gasteiger partial charge in [0.15, 0.2) is 5.75 Å². The minimum atomic E-state index is -0.856. The fourth-order valence-corrected chi connectivity index (χ4v) is 3.35. The third kappa shape index (κ3) is 3.33. The second-order valence-corrected chi connectivity index (χ2v) is 6.47. The number of nitrogens with zero attached hydrogens (tertiary/aromatic N) is 3. The maximum Gasteiger partial charge on any atom is 0.410 e. The number of hydrogen-bond acceptors (Lipinski definition) is 5. The summed E-state index contributed by atoms with van der Waals surface area (Å²) in [6, 6.07) is 9.37. The number of aromatic amines is 1. The van der Waals surface area contributed by atoms with E-state index in [4.69, 9.17) is 10.5 Å². The Bertz CT molecular complexity index is 911. The highest BCUT2D eigenvalue weighted by atomic mass is 16.5. The summed E-state index contributed by atoms with van der Waals surface area (Å²) < 4.78 is 5.02. The van der Waals surface area contributed by atoms with Gasteiger partial charge in [-0.15, -0.1) is 0 Å². The van der Waals surface area contributed by atoms with E-state index >= 15 is 0 Å². The molecule has 7 nitrogen and oxygen atoms in total. The minimum Gasteiger partial charge on any atom is -0.408 e. The number of amides is 1. The largest absolute Gasteiger partial charge is 0.410 e. The summed E-state index contributed by atoms with van der Waals surface area (Å²) in [7, 11) is 0. The van der Waals surface area contributed by atoms with Crippen LogP contribution in [0.2, 0.25) is 0 Å². The first kappa shape index (κ1) is 16.4. The molecule has 3 N–H and O–H groups in total. The molecule has 1 saturated heterocycles. The number of carbonyl (C=O) groups is 1. The van der Waals surface area contributed by atoms with Gasteiger partial charge in [-0.05, 0) is 37.1 Å². The predicted octanol–water partition coefficient (Wildman–Crippen LogP) is 3.46. The zero-order chi connectivity index (χ0) is 17.9. The summed E-state index contributed by atoms with van der Waals surface area (Å²) in [6.45, 7) is 2.12. The lowest BCUT2D eigenvalue weighted by molar-refractivity contribution is 0.211. The zero-order valence-electron chi connectivity index (χ0n) is 14.4. The number of rotatable bonds is 3. The van der Waals surface area contributed by atoms with E-state index in [1.165, 1.54) is 25.7 Å². The number of para-hydroxylation sites is 1. The average molecular weight is 351 g/mol. The molecule has 1 aliphatic heterocycles. The number of anilines is 1. The third-order valence-corrected chi connectivity index (χ3v) is 4.64. The Morgan fingerprint density at radius 2 is 1.92 bits per heavy atom. The van der Waals surface area contributed by atoms with Crippen molar-refractivity contribution in [1.29, 1.82) is 0 Å². The smallest absolute Gasteiger partial charge is 0.408 e. The second-order valence-electron chi connectivity index (χ2n) is 6.47. The summed E-state index contributed by atoms with van der Waals surface area (Å²) in [5.41, 5.74) is 7.34. The van der Waals surface area contributed by atoms with Crippen LogP contribution in [0.3, 0.4) is 0 Å². The van der Waals surface area contributed by atoms with Gasteiger partial charge in [-0.1, -0.05) is 18.9 Å². The standard InChI is InChI=1S/C19H21N5O2/c20-19(25)26-15-7-5-6-14-17(15)23-18(22-14)13-8-9-16(21-12-13)24-10-3-1-2-4-11-24/h5-9,12H,1-4,10-11H2,(H2,20,25)(H,22,23). The topological polar surface area (TPSA) is 97.1 Å². The normalized spacial score (nSPS) is 15.0. The number of ether oxygens (including phenoxy) is 1. The number of fused-ring (bicyclic) bond motifs is 1. The van der Waals surface area contributed by atoms with Crippen LogP contribution in [-0.4, -0.2) is 34.1 Å². The van der Waals surface area contributed by atoms with Crippen LogP contribution in [0.4, 0.5) is 10.6 Å². The van der Waals surface area contributed by atoms with Crippen molar-refractivity contribution in [2.75, 3.05) is 18.0 Å². The highest BCUT2D eigenvalue weighted by molar-refractivity contribution is 5.87. The second kappa shape index (κ2) is 7.03. The number of carbonyl (C=O) groups excluding carboxylic acids is 1. The van der Waals surface area contributed by atoms with Crippen molar-refractivity contribution in [3.8, 4) is 17.1 Å². The van der Waals surface area contributed by atoms with Crippen LogP contribution in [0.15, 0.2) is 36.5 Å². The van der Waals surface area contributed by atoms with E-state index in [-0.39, 0.29) is 0 Å². The number of pyridine rings is 1. The summed E-state index contributed by atoms with van der Waals surface area (Å²) in [6.07, 6.45) is 6.00. The van der Waals surface area contributed by atoms with Crippen molar-refractivity contribution < 1.29 is 9.53 Å². The van der Waals surface area contributed by atoms with Crippen LogP contribution in [0.5, 0.6) is 5.75 Å². The molecule has 0 atom stereocenters. The third-order valence-electron chi connectivity index (χ3n) is 4.64.